The van der Waals surface area contributed by atoms with Gasteiger partial charge in [-0.05, 0) is 54.7 Å². The molecule has 3 rings (SSSR count). The number of fused-ring (bicyclic) bond motifs is 1. The lowest BCUT2D eigenvalue weighted by Gasteiger charge is -2.32. The summed E-state index contributed by atoms with van der Waals surface area (Å²) in [5.74, 6) is -0.169. The van der Waals surface area contributed by atoms with Crippen LogP contribution in [0.2, 0.25) is 0 Å². The van der Waals surface area contributed by atoms with Crippen molar-refractivity contribution in [3.63, 3.8) is 0 Å². The molecule has 0 bridgehead atoms. The van der Waals surface area contributed by atoms with Crippen molar-refractivity contribution in [1.29, 1.82) is 0 Å². The molecule has 0 radical (unpaired) electrons. The van der Waals surface area contributed by atoms with Crippen LogP contribution in [0.15, 0.2) is 42.5 Å². The van der Waals surface area contributed by atoms with Crippen LogP contribution in [0.5, 0.6) is 0 Å². The molecule has 2 aromatic carbocycles. The van der Waals surface area contributed by atoms with E-state index in [1.165, 1.54) is 22.9 Å². The Labute approximate surface area is 125 Å². The number of anilines is 1. The molecule has 0 aromatic heterocycles. The number of nitrogens with zero attached hydrogens (tertiary/aromatic N) is 1. The van der Waals surface area contributed by atoms with Gasteiger partial charge in [-0.3, -0.25) is 0 Å². The van der Waals surface area contributed by atoms with Gasteiger partial charge in [0.15, 0.2) is 0 Å². The lowest BCUT2D eigenvalue weighted by atomic mass is 9.96. The van der Waals surface area contributed by atoms with Crippen molar-refractivity contribution in [2.45, 2.75) is 32.4 Å². The fraction of sp³-hybridized carbons (Fsp3) is 0.333. The number of hydrogen-bond acceptors (Lipinski definition) is 2. The maximum atomic E-state index is 13.3. The summed E-state index contributed by atoms with van der Waals surface area (Å²) in [7, 11) is 0. The molecule has 0 saturated carbocycles. The average molecular weight is 284 g/mol. The van der Waals surface area contributed by atoms with Gasteiger partial charge in [0, 0.05) is 24.8 Å². The Morgan fingerprint density at radius 2 is 2.10 bits per heavy atom. The van der Waals surface area contributed by atoms with E-state index in [2.05, 4.69) is 23.1 Å². The van der Waals surface area contributed by atoms with Crippen LogP contribution in [0.1, 0.15) is 36.1 Å². The van der Waals surface area contributed by atoms with Crippen LogP contribution in [0, 0.1) is 5.82 Å². The van der Waals surface area contributed by atoms with Crippen LogP contribution in [0.4, 0.5) is 10.1 Å². The minimum absolute atomic E-state index is 0.0638. The van der Waals surface area contributed by atoms with Gasteiger partial charge in [0.1, 0.15) is 5.82 Å². The van der Waals surface area contributed by atoms with Crippen molar-refractivity contribution in [3.05, 3.63) is 65.0 Å². The van der Waals surface area contributed by atoms with Crippen LogP contribution < -0.4 is 10.6 Å². The van der Waals surface area contributed by atoms with Crippen LogP contribution in [-0.4, -0.2) is 6.54 Å². The van der Waals surface area contributed by atoms with Crippen molar-refractivity contribution in [3.8, 4) is 0 Å². The van der Waals surface area contributed by atoms with Gasteiger partial charge in [-0.1, -0.05) is 24.3 Å². The summed E-state index contributed by atoms with van der Waals surface area (Å²) >= 11 is 0. The van der Waals surface area contributed by atoms with Gasteiger partial charge in [-0.25, -0.2) is 4.39 Å². The molecule has 1 aliphatic rings. The first-order valence-electron chi connectivity index (χ1n) is 7.51. The molecule has 1 atom stereocenters. The molecule has 0 fully saturated rings. The number of aryl methyl sites for hydroxylation is 1. The van der Waals surface area contributed by atoms with Crippen LogP contribution in [0.3, 0.4) is 0 Å². The zero-order valence-corrected chi connectivity index (χ0v) is 12.3. The molecular formula is C18H21FN2. The van der Waals surface area contributed by atoms with Crippen LogP contribution >= 0.6 is 0 Å². The molecule has 21 heavy (non-hydrogen) atoms. The second kappa shape index (κ2) is 5.86. The normalized spacial score (nSPS) is 15.7. The smallest absolute Gasteiger partial charge is 0.123 e. The molecule has 0 amide bonds. The van der Waals surface area contributed by atoms with Gasteiger partial charge in [-0.2, -0.15) is 0 Å². The molecule has 1 aliphatic heterocycles. The Bertz CT molecular complexity index is 637. The predicted octanol–water partition coefficient (Wildman–Crippen LogP) is 3.80. The van der Waals surface area contributed by atoms with Gasteiger partial charge in [-0.15, -0.1) is 0 Å². The van der Waals surface area contributed by atoms with Crippen molar-refractivity contribution in [2.75, 3.05) is 11.4 Å². The summed E-state index contributed by atoms with van der Waals surface area (Å²) in [5.41, 5.74) is 10.8. The van der Waals surface area contributed by atoms with Crippen molar-refractivity contribution >= 4 is 5.69 Å². The summed E-state index contributed by atoms with van der Waals surface area (Å²) in [4.78, 5) is 2.33. The summed E-state index contributed by atoms with van der Waals surface area (Å²) in [6.07, 6.45) is 2.22. The average Bonchev–Trinajstić information content (AvgIpc) is 2.47. The number of benzene rings is 2. The number of hydrogen-bond donors (Lipinski definition) is 1. The Kier molecular flexibility index (Phi) is 3.93. The largest absolute Gasteiger partial charge is 0.367 e. The Morgan fingerprint density at radius 1 is 1.24 bits per heavy atom. The molecule has 0 saturated heterocycles. The van der Waals surface area contributed by atoms with E-state index in [1.54, 1.807) is 12.1 Å². The second-order valence-corrected chi connectivity index (χ2v) is 5.83. The fourth-order valence-electron chi connectivity index (χ4n) is 3.00. The molecule has 110 valence electrons. The zero-order valence-electron chi connectivity index (χ0n) is 12.3. The first kappa shape index (κ1) is 14.1. The zero-order chi connectivity index (χ0) is 14.8. The van der Waals surface area contributed by atoms with Gasteiger partial charge in [0.25, 0.3) is 0 Å². The van der Waals surface area contributed by atoms with Gasteiger partial charge in [0.05, 0.1) is 0 Å². The van der Waals surface area contributed by atoms with E-state index in [1.807, 2.05) is 13.0 Å². The molecule has 0 spiro atoms. The number of halogens is 1. The van der Waals surface area contributed by atoms with E-state index >= 15 is 0 Å². The monoisotopic (exact) mass is 284 g/mol. The third-order valence-electron chi connectivity index (χ3n) is 4.11. The van der Waals surface area contributed by atoms with Gasteiger partial charge >= 0.3 is 0 Å². The molecule has 1 unspecified atom stereocenters. The minimum Gasteiger partial charge on any atom is -0.367 e. The lowest BCUT2D eigenvalue weighted by molar-refractivity contribution is 0.622. The molecule has 2 nitrogen and oxygen atoms in total. The summed E-state index contributed by atoms with van der Waals surface area (Å²) in [6.45, 7) is 3.78. The molecule has 0 aliphatic carbocycles. The molecule has 3 heteroatoms. The topological polar surface area (TPSA) is 29.3 Å². The number of rotatable bonds is 3. The molecular weight excluding hydrogens is 263 g/mol. The lowest BCUT2D eigenvalue weighted by Crippen LogP contribution is -2.29. The van der Waals surface area contributed by atoms with E-state index in [9.17, 15) is 4.39 Å². The standard InChI is InChI=1S/C18H21FN2/c1-13(20)15-7-8-18-16(11-15)5-3-9-21(18)12-14-4-2-6-17(19)10-14/h2,4,6-8,10-11,13H,3,5,9,12,20H2,1H3. The highest BCUT2D eigenvalue weighted by atomic mass is 19.1. The third kappa shape index (κ3) is 3.08. The highest BCUT2D eigenvalue weighted by molar-refractivity contribution is 5.57. The van der Waals surface area contributed by atoms with Crippen molar-refractivity contribution < 1.29 is 4.39 Å². The second-order valence-electron chi connectivity index (χ2n) is 5.83. The van der Waals surface area contributed by atoms with Crippen LogP contribution in [0.25, 0.3) is 0 Å². The van der Waals surface area contributed by atoms with E-state index in [0.717, 1.165) is 31.5 Å². The summed E-state index contributed by atoms with van der Waals surface area (Å²) in [5, 5.41) is 0. The molecule has 1 heterocycles. The molecule has 2 aromatic rings. The maximum absolute atomic E-state index is 13.3. The van der Waals surface area contributed by atoms with Crippen LogP contribution in [-0.2, 0) is 13.0 Å². The van der Waals surface area contributed by atoms with E-state index in [-0.39, 0.29) is 11.9 Å². The number of nitrogens with two attached hydrogens (primary N) is 1. The highest BCUT2D eigenvalue weighted by Crippen LogP contribution is 2.30. The SMILES string of the molecule is CC(N)c1ccc2c(c1)CCCN2Cc1cccc(F)c1. The van der Waals surface area contributed by atoms with Crippen molar-refractivity contribution in [2.24, 2.45) is 5.73 Å². The van der Waals surface area contributed by atoms with E-state index < -0.39 is 0 Å². The Morgan fingerprint density at radius 3 is 2.86 bits per heavy atom. The fourth-order valence-corrected chi connectivity index (χ4v) is 3.00. The predicted molar refractivity (Wildman–Crippen MR) is 84.8 cm³/mol. The first-order valence-corrected chi connectivity index (χ1v) is 7.51. The van der Waals surface area contributed by atoms with Gasteiger partial charge in [0.2, 0.25) is 0 Å². The Balaban J connectivity index is 1.86. The Hall–Kier alpha value is -1.87. The highest BCUT2D eigenvalue weighted by Gasteiger charge is 2.18. The third-order valence-corrected chi connectivity index (χ3v) is 4.11. The molecule has 2 N–H and O–H groups in total. The summed E-state index contributed by atoms with van der Waals surface area (Å²) in [6, 6.07) is 13.4. The maximum Gasteiger partial charge on any atom is 0.123 e. The minimum atomic E-state index is -0.169. The first-order chi connectivity index (χ1) is 10.1. The van der Waals surface area contributed by atoms with E-state index in [0.29, 0.717) is 0 Å². The van der Waals surface area contributed by atoms with Crippen molar-refractivity contribution in [1.82, 2.24) is 0 Å². The van der Waals surface area contributed by atoms with Gasteiger partial charge < -0.3 is 10.6 Å². The quantitative estimate of drug-likeness (QED) is 0.929. The van der Waals surface area contributed by atoms with E-state index in [4.69, 9.17) is 5.73 Å². The summed E-state index contributed by atoms with van der Waals surface area (Å²) < 4.78 is 13.3.